The van der Waals surface area contributed by atoms with Crippen molar-refractivity contribution >= 4 is 23.2 Å². The second kappa shape index (κ2) is 7.50. The number of para-hydroxylation sites is 1. The Kier molecular flexibility index (Phi) is 4.66. The van der Waals surface area contributed by atoms with Crippen molar-refractivity contribution < 1.29 is 14.0 Å². The molecule has 0 spiro atoms. The number of carbonyl (C=O) groups excluding carboxylic acids is 2. The molecule has 156 valence electrons. The summed E-state index contributed by atoms with van der Waals surface area (Å²) in [4.78, 5) is 25.9. The van der Waals surface area contributed by atoms with Gasteiger partial charge in [-0.2, -0.15) is 5.10 Å². The molecule has 1 atom stereocenters. The fraction of sp³-hybridized carbons (Fsp3) is 0.208. The second-order valence-corrected chi connectivity index (χ2v) is 7.87. The maximum absolute atomic E-state index is 13.5. The van der Waals surface area contributed by atoms with Crippen LogP contribution in [0.2, 0.25) is 0 Å². The number of fused-ring (bicyclic) bond motifs is 1. The number of nitrogens with zero attached hydrogens (tertiary/aromatic N) is 2. The van der Waals surface area contributed by atoms with Crippen molar-refractivity contribution in [1.82, 2.24) is 9.78 Å². The highest BCUT2D eigenvalue weighted by Gasteiger charge is 2.37. The summed E-state index contributed by atoms with van der Waals surface area (Å²) in [7, 11) is 0. The van der Waals surface area contributed by atoms with Gasteiger partial charge in [-0.25, -0.2) is 9.07 Å². The van der Waals surface area contributed by atoms with Gasteiger partial charge in [0.15, 0.2) is 5.78 Å². The van der Waals surface area contributed by atoms with Crippen LogP contribution in [-0.2, 0) is 4.79 Å². The van der Waals surface area contributed by atoms with Crippen LogP contribution in [0.3, 0.4) is 0 Å². The molecule has 3 aromatic rings. The first-order valence-corrected chi connectivity index (χ1v) is 10.3. The van der Waals surface area contributed by atoms with Crippen molar-refractivity contribution in [2.24, 2.45) is 0 Å². The molecule has 1 aliphatic heterocycles. The van der Waals surface area contributed by atoms with Gasteiger partial charge < -0.3 is 10.6 Å². The molecule has 1 aliphatic carbocycles. The molecular formula is C24H21FN4O2. The van der Waals surface area contributed by atoms with Gasteiger partial charge in [0.05, 0.1) is 6.20 Å². The summed E-state index contributed by atoms with van der Waals surface area (Å²) in [5.41, 5.74) is 4.27. The Bertz CT molecular complexity index is 1230. The van der Waals surface area contributed by atoms with Crippen LogP contribution in [0.1, 0.15) is 46.8 Å². The largest absolute Gasteiger partial charge is 0.343 e. The van der Waals surface area contributed by atoms with Crippen LogP contribution >= 0.6 is 0 Å². The third kappa shape index (κ3) is 3.32. The molecule has 0 saturated heterocycles. The Morgan fingerprint density at radius 1 is 1.16 bits per heavy atom. The quantitative estimate of drug-likeness (QED) is 0.654. The summed E-state index contributed by atoms with van der Waals surface area (Å²) in [6.45, 7) is 1.93. The number of anilines is 2. The maximum atomic E-state index is 13.5. The first-order chi connectivity index (χ1) is 15.0. The van der Waals surface area contributed by atoms with Crippen LogP contribution in [0, 0.1) is 12.7 Å². The van der Waals surface area contributed by atoms with Crippen molar-refractivity contribution in [3.8, 4) is 0 Å². The summed E-state index contributed by atoms with van der Waals surface area (Å²) in [6.07, 6.45) is 3.44. The smallest absolute Gasteiger partial charge is 0.261 e. The average Bonchev–Trinajstić information content (AvgIpc) is 3.18. The number of hydrogen-bond donors (Lipinski definition) is 2. The number of ketones is 1. The lowest BCUT2D eigenvalue weighted by Gasteiger charge is -2.33. The minimum Gasteiger partial charge on any atom is -0.343 e. The Labute approximate surface area is 178 Å². The molecule has 31 heavy (non-hydrogen) atoms. The van der Waals surface area contributed by atoms with Crippen molar-refractivity contribution in [2.75, 3.05) is 10.6 Å². The first-order valence-electron chi connectivity index (χ1n) is 10.3. The fourth-order valence-corrected chi connectivity index (χ4v) is 4.28. The van der Waals surface area contributed by atoms with E-state index < -0.39 is 6.04 Å². The van der Waals surface area contributed by atoms with Crippen LogP contribution in [0.4, 0.5) is 15.9 Å². The monoisotopic (exact) mass is 416 g/mol. The molecule has 0 fully saturated rings. The number of halogens is 1. The number of rotatable bonds is 3. The number of carbonyl (C=O) groups is 2. The van der Waals surface area contributed by atoms with Crippen LogP contribution in [0.15, 0.2) is 66.0 Å². The van der Waals surface area contributed by atoms with Crippen molar-refractivity contribution in [2.45, 2.75) is 32.2 Å². The molecule has 7 heteroatoms. The van der Waals surface area contributed by atoms with Gasteiger partial charge >= 0.3 is 0 Å². The van der Waals surface area contributed by atoms with Gasteiger partial charge in [0.25, 0.3) is 5.91 Å². The number of benzene rings is 2. The van der Waals surface area contributed by atoms with E-state index >= 15 is 0 Å². The maximum Gasteiger partial charge on any atom is 0.261 e. The number of aromatic nitrogens is 2. The van der Waals surface area contributed by atoms with E-state index in [1.165, 1.54) is 18.3 Å². The summed E-state index contributed by atoms with van der Waals surface area (Å²) >= 11 is 0. The third-order valence-electron chi connectivity index (χ3n) is 5.86. The van der Waals surface area contributed by atoms with E-state index in [2.05, 4.69) is 15.7 Å². The molecule has 2 aliphatic rings. The zero-order chi connectivity index (χ0) is 21.5. The lowest BCUT2D eigenvalue weighted by atomic mass is 9.85. The second-order valence-electron chi connectivity index (χ2n) is 7.87. The lowest BCUT2D eigenvalue weighted by Crippen LogP contribution is -2.32. The molecule has 2 heterocycles. The average molecular weight is 416 g/mol. The van der Waals surface area contributed by atoms with E-state index in [-0.39, 0.29) is 17.5 Å². The van der Waals surface area contributed by atoms with Gasteiger partial charge in [-0.15, -0.1) is 0 Å². The molecule has 2 aromatic carbocycles. The Hall–Kier alpha value is -3.74. The van der Waals surface area contributed by atoms with Crippen LogP contribution in [0.5, 0.6) is 0 Å². The third-order valence-corrected chi connectivity index (χ3v) is 5.86. The summed E-state index contributed by atoms with van der Waals surface area (Å²) in [5.74, 6) is -0.0445. The van der Waals surface area contributed by atoms with Crippen molar-refractivity contribution in [1.29, 1.82) is 0 Å². The van der Waals surface area contributed by atoms with Crippen molar-refractivity contribution in [3.63, 3.8) is 0 Å². The van der Waals surface area contributed by atoms with E-state index in [1.807, 2.05) is 31.2 Å². The van der Waals surface area contributed by atoms with Gasteiger partial charge in [0.1, 0.15) is 23.2 Å². The number of Topliss-reactive ketones (excluding diaryl/α,β-unsaturated/α-hetero) is 1. The van der Waals surface area contributed by atoms with E-state index in [0.717, 1.165) is 28.9 Å². The zero-order valence-corrected chi connectivity index (χ0v) is 17.0. The molecule has 0 saturated carbocycles. The Balaban J connectivity index is 1.58. The minimum atomic E-state index is -0.500. The highest BCUT2D eigenvalue weighted by atomic mass is 19.1. The van der Waals surface area contributed by atoms with Gasteiger partial charge in [-0.05, 0) is 49.1 Å². The number of amides is 1. The molecule has 0 radical (unpaired) electrons. The van der Waals surface area contributed by atoms with Gasteiger partial charge in [-0.3, -0.25) is 9.59 Å². The minimum absolute atomic E-state index is 0.0511. The molecule has 1 amide bonds. The molecule has 6 nitrogen and oxygen atoms in total. The number of hydrogen-bond acceptors (Lipinski definition) is 4. The molecule has 2 N–H and O–H groups in total. The number of nitrogens with one attached hydrogen (secondary N) is 2. The summed E-state index contributed by atoms with van der Waals surface area (Å²) in [6, 6.07) is 13.1. The molecular weight excluding hydrogens is 395 g/mol. The highest BCUT2D eigenvalue weighted by Crippen LogP contribution is 2.41. The summed E-state index contributed by atoms with van der Waals surface area (Å²) < 4.78 is 15.2. The summed E-state index contributed by atoms with van der Waals surface area (Å²) in [5, 5.41) is 10.7. The van der Waals surface area contributed by atoms with E-state index in [1.54, 1.807) is 16.8 Å². The van der Waals surface area contributed by atoms with E-state index in [4.69, 9.17) is 0 Å². The molecule has 5 rings (SSSR count). The Morgan fingerprint density at radius 2 is 1.94 bits per heavy atom. The van der Waals surface area contributed by atoms with Crippen LogP contribution in [0.25, 0.3) is 0 Å². The molecule has 1 aromatic heterocycles. The zero-order valence-electron chi connectivity index (χ0n) is 17.0. The molecule has 1 unspecified atom stereocenters. The SMILES string of the molecule is Cc1ccccc1NC(=O)c1cnn2c1NC1=C(C(=O)CCC1)C2c1ccc(F)cc1. The number of allylic oxidation sites excluding steroid dienone is 2. The van der Waals surface area contributed by atoms with Gasteiger partial charge in [-0.1, -0.05) is 30.3 Å². The van der Waals surface area contributed by atoms with Gasteiger partial charge in [0, 0.05) is 23.4 Å². The predicted molar refractivity (Wildman–Crippen MR) is 115 cm³/mol. The Morgan fingerprint density at radius 3 is 2.71 bits per heavy atom. The van der Waals surface area contributed by atoms with Crippen molar-refractivity contribution in [3.05, 3.63) is 88.5 Å². The topological polar surface area (TPSA) is 76.0 Å². The van der Waals surface area contributed by atoms with Gasteiger partial charge in [0.2, 0.25) is 0 Å². The standard InChI is InChI=1S/C24H21FN4O2/c1-14-5-2-3-6-18(14)28-24(31)17-13-26-29-22(15-9-11-16(25)12-10-15)21-19(27-23(17)29)7-4-8-20(21)30/h2-3,5-6,9-13,22,27H,4,7-8H2,1H3,(H,28,31). The molecule has 0 bridgehead atoms. The normalized spacial score (nSPS) is 17.6. The predicted octanol–water partition coefficient (Wildman–Crippen LogP) is 4.60. The van der Waals surface area contributed by atoms with E-state index in [9.17, 15) is 14.0 Å². The number of aryl methyl sites for hydroxylation is 1. The van der Waals surface area contributed by atoms with E-state index in [0.29, 0.717) is 29.8 Å². The van der Waals surface area contributed by atoms with Crippen LogP contribution in [-0.4, -0.2) is 21.5 Å². The van der Waals surface area contributed by atoms with Crippen LogP contribution < -0.4 is 10.6 Å². The first kappa shape index (κ1) is 19.2. The fourth-order valence-electron chi connectivity index (χ4n) is 4.28. The lowest BCUT2D eigenvalue weighted by molar-refractivity contribution is -0.116. The highest BCUT2D eigenvalue weighted by molar-refractivity contribution is 6.08.